The molecule has 0 saturated heterocycles. The molecule has 0 fully saturated rings. The van der Waals surface area contributed by atoms with Crippen molar-refractivity contribution in [2.45, 2.75) is 6.92 Å². The first-order valence-corrected chi connectivity index (χ1v) is 8.48. The molecule has 1 aliphatic heterocycles. The zero-order chi connectivity index (χ0) is 16.4. The lowest BCUT2D eigenvalue weighted by molar-refractivity contribution is 0.415. The standard InChI is InChI=1S/C17H16N2O3S/c1-12-16(13-7-4-3-5-8-13)23(20,21)19-17(12)18-14-9-6-10-15(11-14)22-2/h3-11H,1-2H3,(H,18,19). The fourth-order valence-corrected chi connectivity index (χ4v) is 3.88. The van der Waals surface area contributed by atoms with Gasteiger partial charge in [0.05, 0.1) is 7.11 Å². The van der Waals surface area contributed by atoms with Crippen LogP contribution in [0.1, 0.15) is 12.5 Å². The maximum Gasteiger partial charge on any atom is 0.285 e. The topological polar surface area (TPSA) is 67.8 Å². The number of methoxy groups -OCH3 is 1. The molecule has 2 aromatic rings. The predicted molar refractivity (Wildman–Crippen MR) is 92.0 cm³/mol. The highest BCUT2D eigenvalue weighted by atomic mass is 32.2. The molecule has 6 heteroatoms. The molecule has 0 spiro atoms. The molecule has 0 radical (unpaired) electrons. The maximum atomic E-state index is 12.4. The Labute approximate surface area is 135 Å². The van der Waals surface area contributed by atoms with Crippen LogP contribution in [0.25, 0.3) is 4.91 Å². The monoisotopic (exact) mass is 328 g/mol. The zero-order valence-corrected chi connectivity index (χ0v) is 13.6. The van der Waals surface area contributed by atoms with Gasteiger partial charge in [-0.1, -0.05) is 36.4 Å². The van der Waals surface area contributed by atoms with Crippen LogP contribution in [0.3, 0.4) is 0 Å². The van der Waals surface area contributed by atoms with Crippen molar-refractivity contribution < 1.29 is 13.2 Å². The lowest BCUT2D eigenvalue weighted by Crippen LogP contribution is -2.11. The van der Waals surface area contributed by atoms with E-state index in [2.05, 4.69) is 9.71 Å². The normalized spacial score (nSPS) is 16.2. The van der Waals surface area contributed by atoms with Crippen LogP contribution in [0.2, 0.25) is 0 Å². The van der Waals surface area contributed by atoms with Crippen LogP contribution in [0, 0.1) is 0 Å². The Morgan fingerprint density at radius 2 is 1.78 bits per heavy atom. The van der Waals surface area contributed by atoms with Crippen molar-refractivity contribution in [3.8, 4) is 5.75 Å². The molecule has 0 unspecified atom stereocenters. The molecule has 23 heavy (non-hydrogen) atoms. The molecule has 3 rings (SSSR count). The third-order valence-electron chi connectivity index (χ3n) is 3.53. The third-order valence-corrected chi connectivity index (χ3v) is 5.01. The Morgan fingerprint density at radius 3 is 2.48 bits per heavy atom. The summed E-state index contributed by atoms with van der Waals surface area (Å²) in [5.41, 5.74) is 1.95. The minimum Gasteiger partial charge on any atom is -0.497 e. The van der Waals surface area contributed by atoms with Gasteiger partial charge in [-0.2, -0.15) is 8.42 Å². The summed E-state index contributed by atoms with van der Waals surface area (Å²) < 4.78 is 33.8. The Morgan fingerprint density at radius 1 is 1.04 bits per heavy atom. The van der Waals surface area contributed by atoms with Gasteiger partial charge in [0, 0.05) is 17.3 Å². The van der Waals surface area contributed by atoms with Gasteiger partial charge in [-0.25, -0.2) is 0 Å². The number of nitrogens with zero attached hydrogens (tertiary/aromatic N) is 1. The maximum absolute atomic E-state index is 12.4. The van der Waals surface area contributed by atoms with Gasteiger partial charge >= 0.3 is 0 Å². The van der Waals surface area contributed by atoms with E-state index in [1.54, 1.807) is 44.4 Å². The number of hydrogen-bond acceptors (Lipinski definition) is 4. The SMILES string of the molecule is COc1cccc(NC2=NS(=O)(=O)C(c3ccccc3)=C2C)c1. The van der Waals surface area contributed by atoms with Crippen molar-refractivity contribution >= 4 is 26.5 Å². The molecule has 5 nitrogen and oxygen atoms in total. The highest BCUT2D eigenvalue weighted by Crippen LogP contribution is 2.33. The lowest BCUT2D eigenvalue weighted by atomic mass is 10.1. The van der Waals surface area contributed by atoms with Crippen molar-refractivity contribution in [1.82, 2.24) is 0 Å². The first-order valence-electron chi connectivity index (χ1n) is 7.04. The van der Waals surface area contributed by atoms with Crippen LogP contribution < -0.4 is 10.1 Å². The molecule has 118 valence electrons. The molecule has 0 atom stereocenters. The number of ether oxygens (including phenoxy) is 1. The highest BCUT2D eigenvalue weighted by molar-refractivity contribution is 8.00. The number of amidine groups is 1. The van der Waals surface area contributed by atoms with Crippen LogP contribution in [-0.2, 0) is 10.0 Å². The van der Waals surface area contributed by atoms with Gasteiger partial charge in [0.25, 0.3) is 10.0 Å². The Balaban J connectivity index is 1.99. The summed E-state index contributed by atoms with van der Waals surface area (Å²) in [7, 11) is -2.12. The van der Waals surface area contributed by atoms with Gasteiger partial charge in [0.2, 0.25) is 0 Å². The number of anilines is 1. The second kappa shape index (κ2) is 5.89. The lowest BCUT2D eigenvalue weighted by Gasteiger charge is -2.08. The van der Waals surface area contributed by atoms with Gasteiger partial charge in [-0.05, 0) is 24.6 Å². The van der Waals surface area contributed by atoms with E-state index in [9.17, 15) is 8.42 Å². The van der Waals surface area contributed by atoms with Crippen molar-refractivity contribution in [1.29, 1.82) is 0 Å². The molecule has 2 aromatic carbocycles. The van der Waals surface area contributed by atoms with E-state index < -0.39 is 10.0 Å². The largest absolute Gasteiger partial charge is 0.497 e. The first-order chi connectivity index (χ1) is 11.0. The number of sulfonamides is 1. The summed E-state index contributed by atoms with van der Waals surface area (Å²) in [5.74, 6) is 1.01. The third kappa shape index (κ3) is 2.98. The molecule has 0 bridgehead atoms. The van der Waals surface area contributed by atoms with Gasteiger partial charge in [-0.15, -0.1) is 4.40 Å². The van der Waals surface area contributed by atoms with Gasteiger partial charge in [0.15, 0.2) is 0 Å². The first kappa shape index (κ1) is 15.3. The summed E-state index contributed by atoms with van der Waals surface area (Å²) in [4.78, 5) is 0.239. The predicted octanol–water partition coefficient (Wildman–Crippen LogP) is 3.28. The molecule has 1 aliphatic rings. The minimum atomic E-state index is -3.70. The van der Waals surface area contributed by atoms with E-state index in [-0.39, 0.29) is 4.91 Å². The molecule has 1 heterocycles. The summed E-state index contributed by atoms with van der Waals surface area (Å²) >= 11 is 0. The molecule has 0 saturated carbocycles. The average Bonchev–Trinajstić information content (AvgIpc) is 2.77. The molecular weight excluding hydrogens is 312 g/mol. The average molecular weight is 328 g/mol. The minimum absolute atomic E-state index is 0.239. The molecule has 0 amide bonds. The Kier molecular flexibility index (Phi) is 3.92. The second-order valence-corrected chi connectivity index (χ2v) is 6.63. The van der Waals surface area contributed by atoms with Gasteiger partial charge in [-0.3, -0.25) is 0 Å². The molecular formula is C17H16N2O3S. The highest BCUT2D eigenvalue weighted by Gasteiger charge is 2.30. The summed E-state index contributed by atoms with van der Waals surface area (Å²) in [6.45, 7) is 1.75. The number of nitrogens with one attached hydrogen (secondary N) is 1. The molecule has 1 N–H and O–H groups in total. The van der Waals surface area contributed by atoms with Gasteiger partial charge < -0.3 is 10.1 Å². The van der Waals surface area contributed by atoms with Crippen LogP contribution in [0.15, 0.2) is 64.6 Å². The zero-order valence-electron chi connectivity index (χ0n) is 12.8. The van der Waals surface area contributed by atoms with Crippen molar-refractivity contribution in [3.63, 3.8) is 0 Å². The van der Waals surface area contributed by atoms with Crippen LogP contribution in [0.5, 0.6) is 5.75 Å². The number of rotatable bonds is 3. The van der Waals surface area contributed by atoms with Crippen LogP contribution in [-0.4, -0.2) is 21.4 Å². The van der Waals surface area contributed by atoms with E-state index >= 15 is 0 Å². The van der Waals surface area contributed by atoms with Crippen molar-refractivity contribution in [2.24, 2.45) is 4.40 Å². The summed E-state index contributed by atoms with van der Waals surface area (Å²) in [6.07, 6.45) is 0. The van der Waals surface area contributed by atoms with E-state index in [1.165, 1.54) is 0 Å². The fraction of sp³-hybridized carbons (Fsp3) is 0.118. The Hall–Kier alpha value is -2.60. The van der Waals surface area contributed by atoms with Crippen molar-refractivity contribution in [2.75, 3.05) is 12.4 Å². The van der Waals surface area contributed by atoms with Crippen LogP contribution >= 0.6 is 0 Å². The van der Waals surface area contributed by atoms with E-state index in [1.807, 2.05) is 24.3 Å². The van der Waals surface area contributed by atoms with E-state index in [4.69, 9.17) is 4.74 Å². The Bertz CT molecular complexity index is 900. The quantitative estimate of drug-likeness (QED) is 0.939. The smallest absolute Gasteiger partial charge is 0.285 e. The fourth-order valence-electron chi connectivity index (χ4n) is 2.44. The van der Waals surface area contributed by atoms with E-state index in [0.717, 1.165) is 0 Å². The number of benzene rings is 2. The van der Waals surface area contributed by atoms with Crippen molar-refractivity contribution in [3.05, 3.63) is 65.7 Å². The van der Waals surface area contributed by atoms with E-state index in [0.29, 0.717) is 28.4 Å². The van der Waals surface area contributed by atoms with Crippen LogP contribution in [0.4, 0.5) is 5.69 Å². The molecule has 0 aromatic heterocycles. The number of hydrogen-bond donors (Lipinski definition) is 1. The summed E-state index contributed by atoms with van der Waals surface area (Å²) in [5, 5.41) is 3.05. The molecule has 0 aliphatic carbocycles. The summed E-state index contributed by atoms with van der Waals surface area (Å²) in [6, 6.07) is 16.2. The second-order valence-electron chi connectivity index (χ2n) is 5.09. The van der Waals surface area contributed by atoms with Gasteiger partial charge in [0.1, 0.15) is 16.5 Å².